The van der Waals surface area contributed by atoms with Gasteiger partial charge in [0.1, 0.15) is 6.10 Å². The van der Waals surface area contributed by atoms with Crippen LogP contribution in [0.15, 0.2) is 16.8 Å². The van der Waals surface area contributed by atoms with Gasteiger partial charge in [0.15, 0.2) is 0 Å². The summed E-state index contributed by atoms with van der Waals surface area (Å²) in [6.07, 6.45) is 8.12. The third-order valence-corrected chi connectivity index (χ3v) is 8.78. The zero-order chi connectivity index (χ0) is 22.4. The summed E-state index contributed by atoms with van der Waals surface area (Å²) in [5.41, 5.74) is 2.03. The molecular weight excluding hydrogens is 398 g/mol. The van der Waals surface area contributed by atoms with Gasteiger partial charge in [0, 0.05) is 19.3 Å². The van der Waals surface area contributed by atoms with E-state index in [4.69, 9.17) is 9.57 Å². The second-order valence-corrected chi connectivity index (χ2v) is 10.3. The summed E-state index contributed by atoms with van der Waals surface area (Å²) in [6, 6.07) is 0. The van der Waals surface area contributed by atoms with Gasteiger partial charge in [-0.05, 0) is 67.3 Å². The van der Waals surface area contributed by atoms with Gasteiger partial charge in [-0.1, -0.05) is 24.6 Å². The highest BCUT2D eigenvalue weighted by Crippen LogP contribution is 2.64. The molecule has 3 fully saturated rings. The number of nitrogens with zero attached hydrogens (tertiary/aromatic N) is 1. The van der Waals surface area contributed by atoms with Crippen LogP contribution in [0.5, 0.6) is 0 Å². The third-order valence-electron chi connectivity index (χ3n) is 8.78. The fraction of sp³-hybridized carbons (Fsp3) is 0.792. The number of ether oxygens (including phenoxy) is 2. The molecule has 0 amide bonds. The lowest BCUT2D eigenvalue weighted by atomic mass is 9.47. The van der Waals surface area contributed by atoms with Gasteiger partial charge in [0.05, 0.1) is 18.9 Å². The molecule has 7 heteroatoms. The molecule has 0 saturated heterocycles. The maximum atomic E-state index is 11.5. The zero-order valence-electron chi connectivity index (χ0n) is 19.1. The molecule has 0 aromatic heterocycles. The van der Waals surface area contributed by atoms with Crippen LogP contribution in [0.3, 0.4) is 0 Å². The predicted octanol–water partition coefficient (Wildman–Crippen LogP) is 3.40. The minimum absolute atomic E-state index is 0.0254. The van der Waals surface area contributed by atoms with Crippen molar-refractivity contribution in [1.29, 1.82) is 0 Å². The Balaban J connectivity index is 1.69. The van der Waals surface area contributed by atoms with Crippen LogP contribution in [-0.2, 0) is 23.9 Å². The monoisotopic (exact) mass is 433 g/mol. The first-order chi connectivity index (χ1) is 14.7. The second-order valence-electron chi connectivity index (χ2n) is 10.3. The third kappa shape index (κ3) is 3.79. The fourth-order valence-corrected chi connectivity index (χ4v) is 7.00. The largest absolute Gasteiger partial charge is 0.466 e. The first kappa shape index (κ1) is 22.3. The van der Waals surface area contributed by atoms with Crippen molar-refractivity contribution in [3.63, 3.8) is 0 Å². The van der Waals surface area contributed by atoms with E-state index in [2.05, 4.69) is 29.8 Å². The number of rotatable bonds is 4. The molecule has 31 heavy (non-hydrogen) atoms. The van der Waals surface area contributed by atoms with Gasteiger partial charge in [-0.25, -0.2) is 4.79 Å². The summed E-state index contributed by atoms with van der Waals surface area (Å²) < 4.78 is 10.2. The number of esters is 2. The van der Waals surface area contributed by atoms with Crippen LogP contribution >= 0.6 is 0 Å². The van der Waals surface area contributed by atoms with Gasteiger partial charge in [0.2, 0.25) is 6.61 Å². The van der Waals surface area contributed by atoms with Gasteiger partial charge in [0.25, 0.3) is 0 Å². The lowest BCUT2D eigenvalue weighted by Crippen LogP contribution is -2.54. The molecule has 0 aromatic carbocycles. The number of aliphatic hydroxyl groups excluding tert-OH is 1. The Kier molecular flexibility index (Phi) is 5.92. The normalized spacial score (nSPS) is 42.7. The number of oxime groups is 1. The Labute approximate surface area is 184 Å². The number of hydrogen-bond donors (Lipinski definition) is 1. The SMILES string of the molecule is COC(=O)CO/N=C1\C=C2C[C@@H](OC(C)=O)CC[C@]2(C)[C@H]2CC[C@]3(C)[C@@H](O)CC[C@H]3[C@H]12. The molecule has 4 aliphatic rings. The average molecular weight is 434 g/mol. The summed E-state index contributed by atoms with van der Waals surface area (Å²) in [5, 5.41) is 15.2. The van der Waals surface area contributed by atoms with Crippen molar-refractivity contribution in [2.45, 2.75) is 77.9 Å². The molecule has 0 unspecified atom stereocenters. The molecule has 3 saturated carbocycles. The molecule has 7 nitrogen and oxygen atoms in total. The summed E-state index contributed by atoms with van der Waals surface area (Å²) in [6.45, 7) is 5.80. The summed E-state index contributed by atoms with van der Waals surface area (Å²) in [5.74, 6) is 0.211. The van der Waals surface area contributed by atoms with E-state index >= 15 is 0 Å². The Morgan fingerprint density at radius 2 is 1.94 bits per heavy atom. The van der Waals surface area contributed by atoms with Crippen molar-refractivity contribution in [3.8, 4) is 0 Å². The Morgan fingerprint density at radius 3 is 2.65 bits per heavy atom. The van der Waals surface area contributed by atoms with Crippen LogP contribution < -0.4 is 0 Å². The number of allylic oxidation sites excluding steroid dienone is 1. The van der Waals surface area contributed by atoms with Gasteiger partial charge in [-0.2, -0.15) is 0 Å². The van der Waals surface area contributed by atoms with Crippen molar-refractivity contribution in [2.24, 2.45) is 33.7 Å². The van der Waals surface area contributed by atoms with E-state index in [0.29, 0.717) is 18.3 Å². The van der Waals surface area contributed by atoms with Crippen molar-refractivity contribution in [3.05, 3.63) is 11.6 Å². The standard InChI is InChI=1S/C24H35NO6/c1-14(26)31-16-7-9-23(2)15(11-16)12-19(25-30-13-21(28)29-4)22-17-5-6-20(27)24(17,3)10-8-18(22)23/h12,16-18,20,22,27H,5-11,13H2,1-4H3/b25-19+/t16-,17-,18-,20-,22-,23-,24-/m0/s1. The fourth-order valence-electron chi connectivity index (χ4n) is 7.00. The van der Waals surface area contributed by atoms with Crippen LogP contribution in [-0.4, -0.2) is 48.7 Å². The molecular formula is C24H35NO6. The Bertz CT molecular complexity index is 806. The van der Waals surface area contributed by atoms with Crippen molar-refractivity contribution >= 4 is 17.7 Å². The highest BCUT2D eigenvalue weighted by molar-refractivity contribution is 5.99. The number of carbonyl (C=O) groups is 2. The predicted molar refractivity (Wildman–Crippen MR) is 114 cm³/mol. The molecule has 0 bridgehead atoms. The first-order valence-electron chi connectivity index (χ1n) is 11.5. The molecule has 7 atom stereocenters. The van der Waals surface area contributed by atoms with E-state index < -0.39 is 5.97 Å². The number of carbonyl (C=O) groups excluding carboxylic acids is 2. The number of methoxy groups -OCH3 is 1. The van der Waals surface area contributed by atoms with Crippen molar-refractivity contribution in [1.82, 2.24) is 0 Å². The maximum absolute atomic E-state index is 11.5. The molecule has 4 rings (SSSR count). The van der Waals surface area contributed by atoms with E-state index in [-0.39, 0.29) is 41.5 Å². The lowest BCUT2D eigenvalue weighted by Gasteiger charge is -2.57. The van der Waals surface area contributed by atoms with E-state index in [0.717, 1.165) is 44.2 Å². The highest BCUT2D eigenvalue weighted by Gasteiger charge is 2.60. The number of aliphatic hydroxyl groups is 1. The molecule has 1 N–H and O–H groups in total. The maximum Gasteiger partial charge on any atom is 0.346 e. The van der Waals surface area contributed by atoms with Crippen LogP contribution in [0.2, 0.25) is 0 Å². The minimum Gasteiger partial charge on any atom is -0.466 e. The van der Waals surface area contributed by atoms with E-state index in [1.807, 2.05) is 0 Å². The van der Waals surface area contributed by atoms with Crippen LogP contribution in [0, 0.1) is 28.6 Å². The van der Waals surface area contributed by atoms with E-state index in [1.165, 1.54) is 19.6 Å². The molecule has 0 aliphatic heterocycles. The Hall–Kier alpha value is -1.89. The molecule has 172 valence electrons. The number of hydrogen-bond acceptors (Lipinski definition) is 7. The van der Waals surface area contributed by atoms with Crippen molar-refractivity contribution in [2.75, 3.05) is 13.7 Å². The van der Waals surface area contributed by atoms with Gasteiger partial charge in [-0.3, -0.25) is 4.79 Å². The molecule has 0 aromatic rings. The van der Waals surface area contributed by atoms with Crippen LogP contribution in [0.4, 0.5) is 0 Å². The molecule has 0 spiro atoms. The lowest BCUT2D eigenvalue weighted by molar-refractivity contribution is -0.148. The van der Waals surface area contributed by atoms with Gasteiger partial charge >= 0.3 is 11.9 Å². The van der Waals surface area contributed by atoms with E-state index in [9.17, 15) is 14.7 Å². The second kappa shape index (κ2) is 8.23. The van der Waals surface area contributed by atoms with Gasteiger partial charge < -0.3 is 19.4 Å². The first-order valence-corrected chi connectivity index (χ1v) is 11.5. The number of fused-ring (bicyclic) bond motifs is 5. The quantitative estimate of drug-likeness (QED) is 0.539. The Morgan fingerprint density at radius 1 is 1.16 bits per heavy atom. The average Bonchev–Trinajstić information content (AvgIpc) is 3.03. The molecule has 0 radical (unpaired) electrons. The molecule has 4 aliphatic carbocycles. The van der Waals surface area contributed by atoms with Crippen molar-refractivity contribution < 1.29 is 29.0 Å². The minimum atomic E-state index is -0.466. The highest BCUT2D eigenvalue weighted by atomic mass is 16.6. The van der Waals surface area contributed by atoms with Gasteiger partial charge in [-0.15, -0.1) is 0 Å². The van der Waals surface area contributed by atoms with E-state index in [1.54, 1.807) is 0 Å². The topological polar surface area (TPSA) is 94.4 Å². The van der Waals surface area contributed by atoms with Crippen LogP contribution in [0.25, 0.3) is 0 Å². The smallest absolute Gasteiger partial charge is 0.346 e. The zero-order valence-corrected chi connectivity index (χ0v) is 19.1. The molecule has 0 heterocycles. The van der Waals surface area contributed by atoms with Crippen LogP contribution in [0.1, 0.15) is 65.7 Å². The summed E-state index contributed by atoms with van der Waals surface area (Å²) >= 11 is 0. The summed E-state index contributed by atoms with van der Waals surface area (Å²) in [4.78, 5) is 28.4. The summed E-state index contributed by atoms with van der Waals surface area (Å²) in [7, 11) is 1.33.